The minimum absolute atomic E-state index is 0.225. The number of anilines is 1. The molecule has 0 amide bonds. The molecule has 118 valence electrons. The van der Waals surface area contributed by atoms with Gasteiger partial charge in [0.2, 0.25) is 0 Å². The van der Waals surface area contributed by atoms with E-state index in [4.69, 9.17) is 0 Å². The monoisotopic (exact) mass is 318 g/mol. The largest absolute Gasteiger partial charge is 0.416 e. The molecule has 1 aliphatic heterocycles. The smallest absolute Gasteiger partial charge is 0.370 e. The number of halogens is 3. The average molecular weight is 318 g/mol. The number of rotatable bonds is 4. The van der Waals surface area contributed by atoms with Crippen LogP contribution in [-0.2, 0) is 12.7 Å². The average Bonchev–Trinajstić information content (AvgIpc) is 2.47. The Bertz CT molecular complexity index is 476. The summed E-state index contributed by atoms with van der Waals surface area (Å²) >= 11 is 1.91. The second-order valence-corrected chi connectivity index (χ2v) is 6.62. The summed E-state index contributed by atoms with van der Waals surface area (Å²) in [7, 11) is 1.65. The Hall–Kier alpha value is -0.880. The molecule has 0 bridgehead atoms. The van der Waals surface area contributed by atoms with Crippen LogP contribution < -0.4 is 10.2 Å². The van der Waals surface area contributed by atoms with Crippen LogP contribution in [0, 0.1) is 0 Å². The molecule has 1 unspecified atom stereocenters. The van der Waals surface area contributed by atoms with Gasteiger partial charge in [-0.3, -0.25) is 0 Å². The first-order valence-electron chi connectivity index (χ1n) is 7.17. The number of alkyl halides is 3. The molecule has 0 spiro atoms. The molecule has 1 fully saturated rings. The van der Waals surface area contributed by atoms with Gasteiger partial charge in [-0.15, -0.1) is 0 Å². The molecule has 0 saturated carbocycles. The van der Waals surface area contributed by atoms with Gasteiger partial charge < -0.3 is 10.2 Å². The lowest BCUT2D eigenvalue weighted by molar-refractivity contribution is -0.138. The minimum atomic E-state index is -4.31. The Kier molecular flexibility index (Phi) is 5.43. The van der Waals surface area contributed by atoms with Gasteiger partial charge >= 0.3 is 6.18 Å². The van der Waals surface area contributed by atoms with E-state index in [1.165, 1.54) is 6.07 Å². The topological polar surface area (TPSA) is 15.3 Å². The van der Waals surface area contributed by atoms with Crippen molar-refractivity contribution in [2.45, 2.75) is 31.3 Å². The maximum atomic E-state index is 13.2. The lowest BCUT2D eigenvalue weighted by Gasteiger charge is -2.34. The second-order valence-electron chi connectivity index (χ2n) is 5.22. The SMILES string of the molecule is CCC1CN(c2ccc(CNC)c(C(F)(F)F)c2)CCS1. The zero-order chi connectivity index (χ0) is 15.5. The summed E-state index contributed by atoms with van der Waals surface area (Å²) in [6.07, 6.45) is -3.26. The summed E-state index contributed by atoms with van der Waals surface area (Å²) in [5.41, 5.74) is 0.453. The third-order valence-corrected chi connectivity index (χ3v) is 5.10. The molecule has 1 aromatic rings. The molecule has 0 aromatic heterocycles. The Morgan fingerprint density at radius 2 is 2.14 bits per heavy atom. The third kappa shape index (κ3) is 4.07. The predicted octanol–water partition coefficient (Wildman–Crippen LogP) is 3.76. The van der Waals surface area contributed by atoms with E-state index in [2.05, 4.69) is 17.1 Å². The van der Waals surface area contributed by atoms with Crippen molar-refractivity contribution in [3.63, 3.8) is 0 Å². The van der Waals surface area contributed by atoms with Crippen molar-refractivity contribution in [2.75, 3.05) is 30.8 Å². The number of nitrogens with one attached hydrogen (secondary N) is 1. The van der Waals surface area contributed by atoms with E-state index < -0.39 is 11.7 Å². The maximum absolute atomic E-state index is 13.2. The van der Waals surface area contributed by atoms with Gasteiger partial charge in [0, 0.05) is 36.3 Å². The van der Waals surface area contributed by atoms with Gasteiger partial charge in [0.25, 0.3) is 0 Å². The summed E-state index contributed by atoms with van der Waals surface area (Å²) in [4.78, 5) is 2.07. The summed E-state index contributed by atoms with van der Waals surface area (Å²) in [5, 5.41) is 3.30. The van der Waals surface area contributed by atoms with E-state index in [1.54, 1.807) is 13.1 Å². The van der Waals surface area contributed by atoms with Gasteiger partial charge in [0.15, 0.2) is 0 Å². The molecule has 0 aliphatic carbocycles. The highest BCUT2D eigenvalue weighted by Gasteiger charge is 2.34. The van der Waals surface area contributed by atoms with E-state index in [0.717, 1.165) is 25.3 Å². The molecule has 1 saturated heterocycles. The van der Waals surface area contributed by atoms with Crippen molar-refractivity contribution < 1.29 is 13.2 Å². The van der Waals surface area contributed by atoms with Crippen molar-refractivity contribution in [1.82, 2.24) is 5.32 Å². The molecule has 2 nitrogen and oxygen atoms in total. The van der Waals surface area contributed by atoms with Crippen molar-refractivity contribution in [3.05, 3.63) is 29.3 Å². The predicted molar refractivity (Wildman–Crippen MR) is 83.0 cm³/mol. The van der Waals surface area contributed by atoms with Gasteiger partial charge in [-0.25, -0.2) is 0 Å². The minimum Gasteiger partial charge on any atom is -0.370 e. The number of thioether (sulfide) groups is 1. The first kappa shape index (κ1) is 16.5. The van der Waals surface area contributed by atoms with Crippen LogP contribution in [0.1, 0.15) is 24.5 Å². The normalized spacial score (nSPS) is 19.9. The van der Waals surface area contributed by atoms with Crippen LogP contribution in [0.5, 0.6) is 0 Å². The zero-order valence-electron chi connectivity index (χ0n) is 12.3. The van der Waals surface area contributed by atoms with Crippen LogP contribution in [-0.4, -0.2) is 31.1 Å². The number of hydrogen-bond acceptors (Lipinski definition) is 3. The summed E-state index contributed by atoms with van der Waals surface area (Å²) in [6, 6.07) is 4.71. The highest BCUT2D eigenvalue weighted by Crippen LogP contribution is 2.35. The molecule has 1 aliphatic rings. The Morgan fingerprint density at radius 3 is 2.76 bits per heavy atom. The van der Waals surface area contributed by atoms with Crippen molar-refractivity contribution >= 4 is 17.4 Å². The molecule has 2 rings (SSSR count). The van der Waals surface area contributed by atoms with E-state index in [9.17, 15) is 13.2 Å². The van der Waals surface area contributed by atoms with Gasteiger partial charge in [0.05, 0.1) is 5.56 Å². The van der Waals surface area contributed by atoms with Crippen LogP contribution in [0.15, 0.2) is 18.2 Å². The molecular formula is C15H21F3N2S. The van der Waals surface area contributed by atoms with E-state index in [0.29, 0.717) is 16.5 Å². The molecule has 1 heterocycles. The van der Waals surface area contributed by atoms with E-state index in [1.807, 2.05) is 17.8 Å². The van der Waals surface area contributed by atoms with Crippen molar-refractivity contribution in [1.29, 1.82) is 0 Å². The lowest BCUT2D eigenvalue weighted by Crippen LogP contribution is -2.37. The standard InChI is InChI=1S/C15H21F3N2S/c1-3-13-10-20(6-7-21-13)12-5-4-11(9-19-2)14(8-12)15(16,17)18/h4-5,8,13,19H,3,6-7,9-10H2,1-2H3. The fourth-order valence-corrected chi connectivity index (χ4v) is 3.75. The third-order valence-electron chi connectivity index (χ3n) is 3.73. The van der Waals surface area contributed by atoms with Crippen LogP contribution in [0.25, 0.3) is 0 Å². The summed E-state index contributed by atoms with van der Waals surface area (Å²) < 4.78 is 39.6. The highest BCUT2D eigenvalue weighted by molar-refractivity contribution is 8.00. The molecular weight excluding hydrogens is 297 g/mol. The van der Waals surface area contributed by atoms with Gasteiger partial charge in [-0.2, -0.15) is 24.9 Å². The maximum Gasteiger partial charge on any atom is 0.416 e. The summed E-state index contributed by atoms with van der Waals surface area (Å²) in [6.45, 7) is 3.98. The quantitative estimate of drug-likeness (QED) is 0.910. The molecule has 0 radical (unpaired) electrons. The number of nitrogens with zero attached hydrogens (tertiary/aromatic N) is 1. The zero-order valence-corrected chi connectivity index (χ0v) is 13.2. The fourth-order valence-electron chi connectivity index (χ4n) is 2.57. The van der Waals surface area contributed by atoms with Crippen LogP contribution >= 0.6 is 11.8 Å². The van der Waals surface area contributed by atoms with E-state index in [-0.39, 0.29) is 6.54 Å². The lowest BCUT2D eigenvalue weighted by atomic mass is 10.0. The summed E-state index contributed by atoms with van der Waals surface area (Å²) in [5.74, 6) is 0.970. The highest BCUT2D eigenvalue weighted by atomic mass is 32.2. The Balaban J connectivity index is 2.28. The van der Waals surface area contributed by atoms with Crippen LogP contribution in [0.4, 0.5) is 18.9 Å². The Labute approximate surface area is 128 Å². The Morgan fingerprint density at radius 1 is 1.38 bits per heavy atom. The van der Waals surface area contributed by atoms with Gasteiger partial charge in [-0.05, 0) is 31.2 Å². The van der Waals surface area contributed by atoms with Crippen LogP contribution in [0.3, 0.4) is 0 Å². The number of hydrogen-bond donors (Lipinski definition) is 1. The van der Waals surface area contributed by atoms with Crippen LogP contribution in [0.2, 0.25) is 0 Å². The molecule has 1 aromatic carbocycles. The molecule has 1 atom stereocenters. The van der Waals surface area contributed by atoms with Crippen molar-refractivity contribution in [3.8, 4) is 0 Å². The van der Waals surface area contributed by atoms with Gasteiger partial charge in [0.1, 0.15) is 0 Å². The van der Waals surface area contributed by atoms with Gasteiger partial charge in [-0.1, -0.05) is 13.0 Å². The first-order chi connectivity index (χ1) is 9.95. The molecule has 21 heavy (non-hydrogen) atoms. The van der Waals surface area contributed by atoms with Crippen molar-refractivity contribution in [2.24, 2.45) is 0 Å². The van der Waals surface area contributed by atoms with E-state index >= 15 is 0 Å². The molecule has 1 N–H and O–H groups in total. The second kappa shape index (κ2) is 6.92. The first-order valence-corrected chi connectivity index (χ1v) is 8.21. The fraction of sp³-hybridized carbons (Fsp3) is 0.600. The number of benzene rings is 1. The molecule has 6 heteroatoms.